The molecule has 0 bridgehead atoms. The topological polar surface area (TPSA) is 120 Å². The van der Waals surface area contributed by atoms with Crippen LogP contribution in [0.25, 0.3) is 22.3 Å². The van der Waals surface area contributed by atoms with Crippen LogP contribution in [0.5, 0.6) is 0 Å². The molecule has 15 heteroatoms. The minimum absolute atomic E-state index is 0.0758. The van der Waals surface area contributed by atoms with Gasteiger partial charge in [-0.2, -0.15) is 22.6 Å². The number of nitrogens with zero attached hydrogens (tertiary/aromatic N) is 6. The first-order valence-electron chi connectivity index (χ1n) is 17.3. The van der Waals surface area contributed by atoms with E-state index in [-0.39, 0.29) is 19.6 Å². The molecule has 1 unspecified atom stereocenters. The summed E-state index contributed by atoms with van der Waals surface area (Å²) in [6, 6.07) is 6.89. The molecule has 50 heavy (non-hydrogen) atoms. The minimum Gasteiger partial charge on any atom is -0.390 e. The second-order valence-electron chi connectivity index (χ2n) is 13.7. The number of aliphatic hydroxyl groups is 1. The fraction of sp³-hybridized carbons (Fsp3) is 0.543. The maximum Gasteiger partial charge on any atom is 0.416 e. The van der Waals surface area contributed by atoms with Gasteiger partial charge < -0.3 is 19.7 Å². The lowest BCUT2D eigenvalue weighted by Gasteiger charge is -2.33. The number of nitrogens with one attached hydrogen (secondary N) is 1. The van der Waals surface area contributed by atoms with Crippen molar-refractivity contribution in [1.29, 1.82) is 0 Å². The molecular weight excluding hydrogens is 671 g/mol. The lowest BCUT2D eigenvalue weighted by molar-refractivity contribution is -0.137. The first kappa shape index (κ1) is 35.1. The van der Waals surface area contributed by atoms with Gasteiger partial charge in [0, 0.05) is 80.3 Å². The van der Waals surface area contributed by atoms with Gasteiger partial charge >= 0.3 is 6.18 Å². The van der Waals surface area contributed by atoms with Gasteiger partial charge in [-0.3, -0.25) is 9.58 Å². The Morgan fingerprint density at radius 1 is 1.02 bits per heavy atom. The van der Waals surface area contributed by atoms with Crippen molar-refractivity contribution in [2.75, 3.05) is 65.3 Å². The summed E-state index contributed by atoms with van der Waals surface area (Å²) in [5, 5.41) is 17.3. The van der Waals surface area contributed by atoms with Crippen molar-refractivity contribution in [2.45, 2.75) is 57.0 Å². The first-order valence-corrected chi connectivity index (χ1v) is 19.2. The van der Waals surface area contributed by atoms with Crippen LogP contribution in [-0.2, 0) is 46.9 Å². The molecule has 3 aliphatic rings. The van der Waals surface area contributed by atoms with E-state index >= 15 is 0 Å². The van der Waals surface area contributed by atoms with Gasteiger partial charge in [-0.25, -0.2) is 13.4 Å². The number of halogens is 3. The number of sulfonamides is 1. The van der Waals surface area contributed by atoms with Gasteiger partial charge in [0.1, 0.15) is 5.65 Å². The van der Waals surface area contributed by atoms with Gasteiger partial charge in [0.15, 0.2) is 0 Å². The highest BCUT2D eigenvalue weighted by molar-refractivity contribution is 7.88. The number of alkyl halides is 3. The number of hydrogen-bond acceptors (Lipinski definition) is 8. The summed E-state index contributed by atoms with van der Waals surface area (Å²) in [7, 11) is -3.49. The molecule has 7 rings (SSSR count). The molecular formula is C35H44F3N7O4S. The third-order valence-corrected chi connectivity index (χ3v) is 11.7. The smallest absolute Gasteiger partial charge is 0.390 e. The van der Waals surface area contributed by atoms with Gasteiger partial charge in [0.2, 0.25) is 10.0 Å². The molecule has 0 spiro atoms. The lowest BCUT2D eigenvalue weighted by Crippen LogP contribution is -2.40. The van der Waals surface area contributed by atoms with Crippen LogP contribution in [0, 0.1) is 0 Å². The summed E-state index contributed by atoms with van der Waals surface area (Å²) in [5.41, 5.74) is 5.15. The van der Waals surface area contributed by atoms with Crippen molar-refractivity contribution < 1.29 is 31.4 Å². The molecule has 0 saturated carbocycles. The molecule has 6 heterocycles. The monoisotopic (exact) mass is 715 g/mol. The number of ether oxygens (including phenoxy) is 1. The molecule has 1 aromatic carbocycles. The van der Waals surface area contributed by atoms with E-state index in [0.29, 0.717) is 35.7 Å². The average Bonchev–Trinajstić information content (AvgIpc) is 3.69. The highest BCUT2D eigenvalue weighted by Crippen LogP contribution is 2.36. The third kappa shape index (κ3) is 7.63. The van der Waals surface area contributed by atoms with Crippen molar-refractivity contribution in [2.24, 2.45) is 0 Å². The maximum absolute atomic E-state index is 13.2. The fourth-order valence-electron chi connectivity index (χ4n) is 7.72. The molecule has 0 amide bonds. The van der Waals surface area contributed by atoms with Crippen LogP contribution in [0.4, 0.5) is 13.2 Å². The number of likely N-dealkylation sites (tertiary alicyclic amines) is 1. The normalized spacial score (nSPS) is 19.6. The van der Waals surface area contributed by atoms with Crippen molar-refractivity contribution in [1.82, 2.24) is 33.9 Å². The second kappa shape index (κ2) is 14.4. The number of fused-ring (bicyclic) bond motifs is 2. The summed E-state index contributed by atoms with van der Waals surface area (Å²) >= 11 is 0. The number of aromatic amines is 1. The SMILES string of the molecule is CS(=O)(=O)N1CCc2c(c(-c3ccc(C(F)(F)F)cc3)nn2CC(O)CN2CCC(c3c[nH]c4nccc(CCN5CCOCC5)c34)CC2)C1. The van der Waals surface area contributed by atoms with E-state index in [0.717, 1.165) is 94.9 Å². The van der Waals surface area contributed by atoms with E-state index in [4.69, 9.17) is 9.84 Å². The Labute approximate surface area is 290 Å². The first-order chi connectivity index (χ1) is 23.9. The Morgan fingerprint density at radius 2 is 1.76 bits per heavy atom. The number of hydrogen-bond donors (Lipinski definition) is 2. The van der Waals surface area contributed by atoms with Gasteiger partial charge in [-0.05, 0) is 67.6 Å². The van der Waals surface area contributed by atoms with Gasteiger partial charge in [-0.1, -0.05) is 12.1 Å². The number of piperidine rings is 1. The number of aromatic nitrogens is 4. The zero-order chi connectivity index (χ0) is 35.0. The Kier molecular flexibility index (Phi) is 10.1. The maximum atomic E-state index is 13.2. The number of β-amino-alcohol motifs (C(OH)–C–C–N with tert-alkyl or cyclic N) is 1. The van der Waals surface area contributed by atoms with Crippen LogP contribution in [0.3, 0.4) is 0 Å². The summed E-state index contributed by atoms with van der Waals surface area (Å²) in [6.07, 6.45) is 3.18. The summed E-state index contributed by atoms with van der Waals surface area (Å²) in [5.74, 6) is 0.380. The van der Waals surface area contributed by atoms with E-state index in [1.807, 2.05) is 6.20 Å². The predicted octanol–water partition coefficient (Wildman–Crippen LogP) is 3.88. The molecule has 1 atom stereocenters. The van der Waals surface area contributed by atoms with Crippen LogP contribution >= 0.6 is 0 Å². The van der Waals surface area contributed by atoms with Crippen LogP contribution in [0.2, 0.25) is 0 Å². The number of aliphatic hydroxyl groups excluding tert-OH is 1. The number of H-pyrrole nitrogens is 1. The van der Waals surface area contributed by atoms with Crippen molar-refractivity contribution in [3.63, 3.8) is 0 Å². The summed E-state index contributed by atoms with van der Waals surface area (Å²) in [6.45, 7) is 7.13. The van der Waals surface area contributed by atoms with Gasteiger partial charge in [0.05, 0.1) is 43.4 Å². The molecule has 270 valence electrons. The van der Waals surface area contributed by atoms with Crippen LogP contribution < -0.4 is 0 Å². The molecule has 3 aliphatic heterocycles. The average molecular weight is 716 g/mol. The zero-order valence-corrected chi connectivity index (χ0v) is 29.0. The van der Waals surface area contributed by atoms with E-state index < -0.39 is 27.9 Å². The van der Waals surface area contributed by atoms with E-state index in [1.54, 1.807) is 4.68 Å². The van der Waals surface area contributed by atoms with Crippen molar-refractivity contribution in [3.8, 4) is 11.3 Å². The molecule has 2 N–H and O–H groups in total. The summed E-state index contributed by atoms with van der Waals surface area (Å²) < 4.78 is 73.1. The quantitative estimate of drug-likeness (QED) is 0.254. The van der Waals surface area contributed by atoms with Crippen molar-refractivity contribution >= 4 is 21.1 Å². The van der Waals surface area contributed by atoms with Gasteiger partial charge in [0.25, 0.3) is 0 Å². The third-order valence-electron chi connectivity index (χ3n) is 10.4. The van der Waals surface area contributed by atoms with E-state index in [1.165, 1.54) is 33.0 Å². The number of rotatable bonds is 10. The highest BCUT2D eigenvalue weighted by Gasteiger charge is 2.33. The molecule has 2 fully saturated rings. The number of benzene rings is 1. The van der Waals surface area contributed by atoms with Gasteiger partial charge in [-0.15, -0.1) is 0 Å². The Hall–Kier alpha value is -3.34. The Balaban J connectivity index is 1.02. The Bertz CT molecular complexity index is 1900. The number of morpholine rings is 1. The molecule has 11 nitrogen and oxygen atoms in total. The predicted molar refractivity (Wildman–Crippen MR) is 183 cm³/mol. The molecule has 4 aromatic rings. The molecule has 3 aromatic heterocycles. The zero-order valence-electron chi connectivity index (χ0n) is 28.2. The second-order valence-corrected chi connectivity index (χ2v) is 15.7. The fourth-order valence-corrected chi connectivity index (χ4v) is 8.50. The van der Waals surface area contributed by atoms with Crippen LogP contribution in [-0.4, -0.2) is 119 Å². The molecule has 0 aliphatic carbocycles. The summed E-state index contributed by atoms with van der Waals surface area (Å²) in [4.78, 5) is 12.7. The van der Waals surface area contributed by atoms with Crippen LogP contribution in [0.1, 0.15) is 46.7 Å². The largest absolute Gasteiger partial charge is 0.416 e. The molecule has 0 radical (unpaired) electrons. The van der Waals surface area contributed by atoms with E-state index in [2.05, 4.69) is 32.0 Å². The molecule has 2 saturated heterocycles. The minimum atomic E-state index is -4.47. The van der Waals surface area contributed by atoms with E-state index in [9.17, 15) is 26.7 Å². The number of pyridine rings is 1. The lowest BCUT2D eigenvalue weighted by atomic mass is 9.88. The standard InChI is InChI=1S/C35H44F3N7O4S/c1-50(47,48)44-15-10-31-30(23-44)33(26-2-4-27(5-3-26)35(36,37)38)41-45(31)22-28(46)21-43-13-7-24(8-14-43)29-20-40-34-32(29)25(6-11-39-34)9-12-42-16-18-49-19-17-42/h2-6,11,20,24,28,46H,7-10,12-19,21-23H2,1H3,(H,39,40). The highest BCUT2D eigenvalue weighted by atomic mass is 32.2. The Morgan fingerprint density at radius 3 is 2.46 bits per heavy atom. The van der Waals surface area contributed by atoms with Crippen molar-refractivity contribution in [3.05, 3.63) is 70.7 Å². The van der Waals surface area contributed by atoms with Crippen LogP contribution in [0.15, 0.2) is 42.7 Å².